The van der Waals surface area contributed by atoms with Gasteiger partial charge >= 0.3 is 5.97 Å². The maximum absolute atomic E-state index is 11.1. The summed E-state index contributed by atoms with van der Waals surface area (Å²) >= 11 is 1.79. The fourth-order valence-corrected chi connectivity index (χ4v) is 2.91. The predicted octanol–water partition coefficient (Wildman–Crippen LogP) is 0.331. The van der Waals surface area contributed by atoms with E-state index in [2.05, 4.69) is 16.6 Å². The first kappa shape index (κ1) is 15.8. The lowest BCUT2D eigenvalue weighted by atomic mass is 10.2. The van der Waals surface area contributed by atoms with E-state index >= 15 is 0 Å². The lowest BCUT2D eigenvalue weighted by Gasteiger charge is -2.31. The van der Waals surface area contributed by atoms with Crippen molar-refractivity contribution in [1.82, 2.24) is 4.90 Å². The van der Waals surface area contributed by atoms with Gasteiger partial charge in [0.1, 0.15) is 6.04 Å². The average Bonchev–Trinajstić information content (AvgIpc) is 2.42. The minimum absolute atomic E-state index is 0.304. The molecule has 0 saturated carbocycles. The molecule has 0 aromatic heterocycles. The van der Waals surface area contributed by atoms with Gasteiger partial charge in [-0.05, 0) is 18.7 Å². The third kappa shape index (κ3) is 5.56. The smallest absolute Gasteiger partial charge is 0.322 e. The van der Waals surface area contributed by atoms with E-state index < -0.39 is 6.04 Å². The second-order valence-corrected chi connectivity index (χ2v) is 5.53. The molecule has 2 N–H and O–H groups in total. The Morgan fingerprint density at radius 3 is 3.11 bits per heavy atom. The molecule has 0 spiro atoms. The zero-order valence-electron chi connectivity index (χ0n) is 11.3. The molecule has 6 heteroatoms. The Labute approximate surface area is 113 Å². The molecule has 0 radical (unpaired) electrons. The predicted molar refractivity (Wildman–Crippen MR) is 73.8 cm³/mol. The fraction of sp³-hybridized carbons (Fsp3) is 0.917. The number of likely N-dealkylation sites (N-methyl/N-ethyl adjacent to an activating group) is 1. The molecule has 1 aliphatic heterocycles. The lowest BCUT2D eigenvalue weighted by molar-refractivity contribution is -0.142. The van der Waals surface area contributed by atoms with Gasteiger partial charge in [0.25, 0.3) is 0 Å². The van der Waals surface area contributed by atoms with Gasteiger partial charge < -0.3 is 15.2 Å². The highest BCUT2D eigenvalue weighted by molar-refractivity contribution is 7.99. The van der Waals surface area contributed by atoms with Gasteiger partial charge in [0.2, 0.25) is 0 Å². The molecular weight excluding hydrogens is 252 g/mol. The monoisotopic (exact) mass is 276 g/mol. The Balaban J connectivity index is 2.08. The van der Waals surface area contributed by atoms with Crippen molar-refractivity contribution in [3.8, 4) is 0 Å². The standard InChI is InChI=1S/C12H24N2O3S/c1-3-14-5-6-17-10(8-14)9-18-7-4-11(13)12(15)16-2/h10-11H,3-9,13H2,1-2H3. The summed E-state index contributed by atoms with van der Waals surface area (Å²) in [6.07, 6.45) is 0.958. The summed E-state index contributed by atoms with van der Waals surface area (Å²) in [5, 5.41) is 0. The van der Waals surface area contributed by atoms with Crippen LogP contribution in [0.25, 0.3) is 0 Å². The SMILES string of the molecule is CCN1CCOC(CSCCC(N)C(=O)OC)C1. The molecule has 1 fully saturated rings. The van der Waals surface area contributed by atoms with E-state index in [9.17, 15) is 4.79 Å². The molecule has 106 valence electrons. The number of thioether (sulfide) groups is 1. The first-order valence-corrected chi connectivity index (χ1v) is 7.58. The van der Waals surface area contributed by atoms with Gasteiger partial charge in [-0.3, -0.25) is 9.69 Å². The van der Waals surface area contributed by atoms with Crippen molar-refractivity contribution in [2.24, 2.45) is 5.73 Å². The molecule has 1 saturated heterocycles. The topological polar surface area (TPSA) is 64.8 Å². The maximum atomic E-state index is 11.1. The summed E-state index contributed by atoms with van der Waals surface area (Å²) < 4.78 is 10.3. The van der Waals surface area contributed by atoms with Crippen molar-refractivity contribution < 1.29 is 14.3 Å². The number of esters is 1. The highest BCUT2D eigenvalue weighted by Gasteiger charge is 2.19. The van der Waals surface area contributed by atoms with Crippen LogP contribution in [0.3, 0.4) is 0 Å². The van der Waals surface area contributed by atoms with Gasteiger partial charge in [-0.25, -0.2) is 0 Å². The van der Waals surface area contributed by atoms with Crippen molar-refractivity contribution in [3.63, 3.8) is 0 Å². The second-order valence-electron chi connectivity index (χ2n) is 4.38. The van der Waals surface area contributed by atoms with Gasteiger partial charge in [-0.15, -0.1) is 0 Å². The van der Waals surface area contributed by atoms with Gasteiger partial charge in [0.05, 0.1) is 19.8 Å². The van der Waals surface area contributed by atoms with Crippen LogP contribution >= 0.6 is 11.8 Å². The Kier molecular flexibility index (Phi) is 7.65. The first-order chi connectivity index (χ1) is 8.67. The third-order valence-electron chi connectivity index (χ3n) is 3.05. The van der Waals surface area contributed by atoms with E-state index in [4.69, 9.17) is 10.5 Å². The lowest BCUT2D eigenvalue weighted by Crippen LogP contribution is -2.43. The van der Waals surface area contributed by atoms with Gasteiger partial charge in [-0.2, -0.15) is 11.8 Å². The Hall–Kier alpha value is -0.300. The molecule has 0 aromatic carbocycles. The van der Waals surface area contributed by atoms with Crippen molar-refractivity contribution in [3.05, 3.63) is 0 Å². The largest absolute Gasteiger partial charge is 0.468 e. The van der Waals surface area contributed by atoms with Crippen LogP contribution in [0.5, 0.6) is 0 Å². The van der Waals surface area contributed by atoms with E-state index in [1.165, 1.54) is 7.11 Å². The number of nitrogens with zero attached hydrogens (tertiary/aromatic N) is 1. The van der Waals surface area contributed by atoms with Crippen LogP contribution in [0.1, 0.15) is 13.3 Å². The molecule has 2 unspecified atom stereocenters. The molecule has 2 atom stereocenters. The molecule has 1 aliphatic rings. The molecule has 0 aromatic rings. The van der Waals surface area contributed by atoms with Gasteiger partial charge in [0.15, 0.2) is 0 Å². The summed E-state index contributed by atoms with van der Waals surface area (Å²) in [7, 11) is 1.37. The van der Waals surface area contributed by atoms with Crippen LogP contribution in [-0.2, 0) is 14.3 Å². The minimum Gasteiger partial charge on any atom is -0.468 e. The molecule has 5 nitrogen and oxygen atoms in total. The molecule has 18 heavy (non-hydrogen) atoms. The van der Waals surface area contributed by atoms with E-state index in [1.54, 1.807) is 11.8 Å². The number of morpholine rings is 1. The van der Waals surface area contributed by atoms with Crippen molar-refractivity contribution in [2.45, 2.75) is 25.5 Å². The number of hydrogen-bond donors (Lipinski definition) is 1. The van der Waals surface area contributed by atoms with Crippen molar-refractivity contribution >= 4 is 17.7 Å². The van der Waals surface area contributed by atoms with Crippen LogP contribution in [0.15, 0.2) is 0 Å². The summed E-state index contributed by atoms with van der Waals surface area (Å²) in [6, 6.07) is -0.498. The molecule has 1 rings (SSSR count). The number of nitrogens with two attached hydrogens (primary N) is 1. The number of carbonyl (C=O) groups excluding carboxylic acids is 1. The molecule has 0 amide bonds. The van der Waals surface area contributed by atoms with Gasteiger partial charge in [-0.1, -0.05) is 6.92 Å². The third-order valence-corrected chi connectivity index (χ3v) is 4.18. The van der Waals surface area contributed by atoms with Crippen LogP contribution in [-0.4, -0.2) is 67.9 Å². The van der Waals surface area contributed by atoms with Crippen LogP contribution in [0, 0.1) is 0 Å². The average molecular weight is 276 g/mol. The summed E-state index contributed by atoms with van der Waals surface area (Å²) in [5.74, 6) is 1.49. The molecule has 1 heterocycles. The fourth-order valence-electron chi connectivity index (χ4n) is 1.86. The van der Waals surface area contributed by atoms with Crippen molar-refractivity contribution in [1.29, 1.82) is 0 Å². The maximum Gasteiger partial charge on any atom is 0.322 e. The first-order valence-electron chi connectivity index (χ1n) is 6.42. The van der Waals surface area contributed by atoms with Crippen LogP contribution in [0.2, 0.25) is 0 Å². The summed E-state index contributed by atoms with van der Waals surface area (Å²) in [4.78, 5) is 13.5. The Bertz CT molecular complexity index is 253. The second kappa shape index (κ2) is 8.74. The van der Waals surface area contributed by atoms with Gasteiger partial charge in [0, 0.05) is 18.8 Å². The highest BCUT2D eigenvalue weighted by Crippen LogP contribution is 2.13. The number of rotatable bonds is 7. The number of carbonyl (C=O) groups is 1. The zero-order valence-corrected chi connectivity index (χ0v) is 12.1. The van der Waals surface area contributed by atoms with E-state index in [-0.39, 0.29) is 5.97 Å². The molecule has 0 aliphatic carbocycles. The van der Waals surface area contributed by atoms with E-state index in [1.807, 2.05) is 0 Å². The molecular formula is C12H24N2O3S. The minimum atomic E-state index is -0.498. The van der Waals surface area contributed by atoms with Crippen LogP contribution in [0.4, 0.5) is 0 Å². The normalized spacial score (nSPS) is 22.7. The molecule has 0 bridgehead atoms. The number of ether oxygens (including phenoxy) is 2. The van der Waals surface area contributed by atoms with Crippen molar-refractivity contribution in [2.75, 3.05) is 44.9 Å². The zero-order chi connectivity index (χ0) is 13.4. The summed E-state index contributed by atoms with van der Waals surface area (Å²) in [5.41, 5.74) is 5.66. The number of hydrogen-bond acceptors (Lipinski definition) is 6. The summed E-state index contributed by atoms with van der Waals surface area (Å²) in [6.45, 7) is 6.11. The Morgan fingerprint density at radius 2 is 2.44 bits per heavy atom. The number of methoxy groups -OCH3 is 1. The quantitative estimate of drug-likeness (QED) is 0.534. The highest BCUT2D eigenvalue weighted by atomic mass is 32.2. The Morgan fingerprint density at radius 1 is 1.67 bits per heavy atom. The van der Waals surface area contributed by atoms with Crippen LogP contribution < -0.4 is 5.73 Å². The van der Waals surface area contributed by atoms with E-state index in [0.717, 1.165) is 37.7 Å². The van der Waals surface area contributed by atoms with E-state index in [0.29, 0.717) is 12.5 Å².